The highest BCUT2D eigenvalue weighted by molar-refractivity contribution is 5.85. The zero-order chi connectivity index (χ0) is 9.38. The number of para-hydroxylation sites is 1. The first-order valence-electron chi connectivity index (χ1n) is 4.74. The fourth-order valence-corrected chi connectivity index (χ4v) is 1.74. The van der Waals surface area contributed by atoms with Crippen LogP contribution in [0, 0.1) is 0 Å². The van der Waals surface area contributed by atoms with Crippen LogP contribution < -0.4 is 5.32 Å². The van der Waals surface area contributed by atoms with E-state index < -0.39 is 0 Å². The average molecular weight is 182 g/mol. The smallest absolute Gasteiger partial charge is 0.134 e. The molecule has 0 radical (unpaired) electrons. The van der Waals surface area contributed by atoms with Crippen molar-refractivity contribution in [1.29, 1.82) is 0 Å². The Kier molecular flexibility index (Phi) is 1.53. The molecule has 1 aliphatic rings. The molecule has 1 aliphatic heterocycles. The summed E-state index contributed by atoms with van der Waals surface area (Å²) in [5.41, 5.74) is 2.23. The molecule has 1 aromatic carbocycles. The standard InChI is InChI=1S/C12H10N2/c1-2-6-11-9(4-1)8-10-5-3-7-13-12(10)14-11/h1-6,8H,7H2,(H,13,14). The maximum absolute atomic E-state index is 4.55. The molecule has 2 aromatic rings. The van der Waals surface area contributed by atoms with Gasteiger partial charge in [0.25, 0.3) is 0 Å². The fraction of sp³-hybridized carbons (Fsp3) is 0.0833. The summed E-state index contributed by atoms with van der Waals surface area (Å²) >= 11 is 0. The van der Waals surface area contributed by atoms with Crippen LogP contribution >= 0.6 is 0 Å². The Morgan fingerprint density at radius 2 is 2.14 bits per heavy atom. The molecular formula is C12H10N2. The molecule has 0 saturated heterocycles. The first kappa shape index (κ1) is 7.56. The van der Waals surface area contributed by atoms with Crippen LogP contribution in [-0.4, -0.2) is 11.5 Å². The summed E-state index contributed by atoms with van der Waals surface area (Å²) in [4.78, 5) is 4.55. The fourth-order valence-electron chi connectivity index (χ4n) is 1.74. The Balaban J connectivity index is 2.34. The zero-order valence-corrected chi connectivity index (χ0v) is 7.70. The van der Waals surface area contributed by atoms with E-state index in [1.807, 2.05) is 18.2 Å². The molecule has 2 heterocycles. The van der Waals surface area contributed by atoms with Crippen molar-refractivity contribution < 1.29 is 0 Å². The van der Waals surface area contributed by atoms with Gasteiger partial charge in [-0.15, -0.1) is 0 Å². The van der Waals surface area contributed by atoms with Crippen molar-refractivity contribution in [2.45, 2.75) is 0 Å². The van der Waals surface area contributed by atoms with E-state index in [1.54, 1.807) is 0 Å². The van der Waals surface area contributed by atoms with E-state index in [9.17, 15) is 0 Å². The van der Waals surface area contributed by atoms with Gasteiger partial charge in [-0.05, 0) is 12.1 Å². The highest BCUT2D eigenvalue weighted by atomic mass is 15.0. The Morgan fingerprint density at radius 3 is 3.14 bits per heavy atom. The molecule has 0 bridgehead atoms. The third-order valence-corrected chi connectivity index (χ3v) is 2.44. The van der Waals surface area contributed by atoms with E-state index in [1.165, 1.54) is 10.9 Å². The summed E-state index contributed by atoms with van der Waals surface area (Å²) in [6.45, 7) is 0.873. The Bertz CT molecular complexity index is 515. The third-order valence-electron chi connectivity index (χ3n) is 2.44. The lowest BCUT2D eigenvalue weighted by atomic mass is 10.1. The number of hydrogen-bond acceptors (Lipinski definition) is 2. The van der Waals surface area contributed by atoms with Gasteiger partial charge in [0, 0.05) is 17.5 Å². The van der Waals surface area contributed by atoms with Crippen molar-refractivity contribution in [3.8, 4) is 0 Å². The molecule has 0 saturated carbocycles. The van der Waals surface area contributed by atoms with Gasteiger partial charge in [0.2, 0.25) is 0 Å². The second kappa shape index (κ2) is 2.84. The molecule has 2 nitrogen and oxygen atoms in total. The number of benzene rings is 1. The van der Waals surface area contributed by atoms with E-state index in [0.29, 0.717) is 0 Å². The van der Waals surface area contributed by atoms with Gasteiger partial charge >= 0.3 is 0 Å². The largest absolute Gasteiger partial charge is 0.366 e. The Morgan fingerprint density at radius 1 is 1.21 bits per heavy atom. The van der Waals surface area contributed by atoms with Gasteiger partial charge in [-0.2, -0.15) is 0 Å². The van der Waals surface area contributed by atoms with E-state index in [-0.39, 0.29) is 0 Å². The minimum atomic E-state index is 0.873. The molecule has 1 N–H and O–H groups in total. The minimum absolute atomic E-state index is 0.873. The van der Waals surface area contributed by atoms with Crippen molar-refractivity contribution in [3.63, 3.8) is 0 Å². The van der Waals surface area contributed by atoms with E-state index in [4.69, 9.17) is 0 Å². The molecule has 0 spiro atoms. The van der Waals surface area contributed by atoms with Gasteiger partial charge in [0.05, 0.1) is 5.52 Å². The van der Waals surface area contributed by atoms with Gasteiger partial charge in [-0.25, -0.2) is 4.98 Å². The average Bonchev–Trinajstić information content (AvgIpc) is 2.26. The lowest BCUT2D eigenvalue weighted by molar-refractivity contribution is 1.24. The molecular weight excluding hydrogens is 172 g/mol. The van der Waals surface area contributed by atoms with E-state index in [0.717, 1.165) is 17.9 Å². The van der Waals surface area contributed by atoms with Crippen LogP contribution in [0.2, 0.25) is 0 Å². The van der Waals surface area contributed by atoms with Gasteiger partial charge in [0.15, 0.2) is 0 Å². The van der Waals surface area contributed by atoms with Gasteiger partial charge in [0.1, 0.15) is 5.82 Å². The minimum Gasteiger partial charge on any atom is -0.366 e. The van der Waals surface area contributed by atoms with Crippen molar-refractivity contribution in [3.05, 3.63) is 42.0 Å². The number of nitrogens with zero attached hydrogens (tertiary/aromatic N) is 1. The summed E-state index contributed by atoms with van der Waals surface area (Å²) in [7, 11) is 0. The number of pyridine rings is 1. The molecule has 0 amide bonds. The summed E-state index contributed by atoms with van der Waals surface area (Å²) in [6, 6.07) is 10.3. The van der Waals surface area contributed by atoms with Crippen LogP contribution in [0.4, 0.5) is 5.82 Å². The molecule has 0 aliphatic carbocycles. The summed E-state index contributed by atoms with van der Waals surface area (Å²) in [5, 5.41) is 4.45. The molecule has 2 heteroatoms. The van der Waals surface area contributed by atoms with Crippen LogP contribution in [0.5, 0.6) is 0 Å². The number of aromatic nitrogens is 1. The Hall–Kier alpha value is -1.83. The summed E-state index contributed by atoms with van der Waals surface area (Å²) in [5.74, 6) is 0.992. The maximum Gasteiger partial charge on any atom is 0.134 e. The van der Waals surface area contributed by atoms with E-state index in [2.05, 4.69) is 34.6 Å². The SMILES string of the molecule is C1=Cc2cc3ccccc3nc2NC1. The zero-order valence-electron chi connectivity index (χ0n) is 7.70. The van der Waals surface area contributed by atoms with Gasteiger partial charge in [-0.1, -0.05) is 30.4 Å². The highest BCUT2D eigenvalue weighted by Crippen LogP contribution is 2.23. The number of fused-ring (bicyclic) bond motifs is 2. The monoisotopic (exact) mass is 182 g/mol. The summed E-state index contributed by atoms with van der Waals surface area (Å²) < 4.78 is 0. The number of nitrogens with one attached hydrogen (secondary N) is 1. The number of rotatable bonds is 0. The second-order valence-corrected chi connectivity index (χ2v) is 3.40. The molecule has 1 aromatic heterocycles. The lowest BCUT2D eigenvalue weighted by Crippen LogP contribution is -2.06. The molecule has 0 unspecified atom stereocenters. The molecule has 68 valence electrons. The Labute approximate surface area is 82.3 Å². The van der Waals surface area contributed by atoms with Crippen molar-refractivity contribution >= 4 is 22.8 Å². The maximum atomic E-state index is 4.55. The number of anilines is 1. The normalized spacial score (nSPS) is 13.7. The second-order valence-electron chi connectivity index (χ2n) is 3.40. The van der Waals surface area contributed by atoms with Crippen LogP contribution in [0.25, 0.3) is 17.0 Å². The van der Waals surface area contributed by atoms with Crippen molar-refractivity contribution in [1.82, 2.24) is 4.98 Å². The highest BCUT2D eigenvalue weighted by Gasteiger charge is 2.05. The predicted molar refractivity (Wildman–Crippen MR) is 59.3 cm³/mol. The molecule has 0 atom stereocenters. The quantitative estimate of drug-likeness (QED) is 0.677. The molecule has 0 fully saturated rings. The molecule has 3 rings (SSSR count). The van der Waals surface area contributed by atoms with Crippen molar-refractivity contribution in [2.24, 2.45) is 0 Å². The summed E-state index contributed by atoms with van der Waals surface area (Å²) in [6.07, 6.45) is 4.23. The predicted octanol–water partition coefficient (Wildman–Crippen LogP) is 2.67. The van der Waals surface area contributed by atoms with Crippen LogP contribution in [0.1, 0.15) is 5.56 Å². The third kappa shape index (κ3) is 1.08. The van der Waals surface area contributed by atoms with Crippen molar-refractivity contribution in [2.75, 3.05) is 11.9 Å². The van der Waals surface area contributed by atoms with Crippen LogP contribution in [0.3, 0.4) is 0 Å². The van der Waals surface area contributed by atoms with E-state index >= 15 is 0 Å². The topological polar surface area (TPSA) is 24.9 Å². The van der Waals surface area contributed by atoms with Crippen LogP contribution in [0.15, 0.2) is 36.4 Å². The van der Waals surface area contributed by atoms with Gasteiger partial charge in [-0.3, -0.25) is 0 Å². The van der Waals surface area contributed by atoms with Crippen LogP contribution in [-0.2, 0) is 0 Å². The first-order chi connectivity index (χ1) is 6.93. The molecule has 14 heavy (non-hydrogen) atoms. The number of hydrogen-bond donors (Lipinski definition) is 1. The lowest BCUT2D eigenvalue weighted by Gasteiger charge is -2.12. The first-order valence-corrected chi connectivity index (χ1v) is 4.74. The van der Waals surface area contributed by atoms with Gasteiger partial charge < -0.3 is 5.32 Å².